The molecule has 0 unspecified atom stereocenters. The number of nitrogens with zero attached hydrogens (tertiary/aromatic N) is 2. The monoisotopic (exact) mass is 569 g/mol. The van der Waals surface area contributed by atoms with Crippen molar-refractivity contribution in [3.05, 3.63) is 95.0 Å². The number of carbonyl (C=O) groups is 2. The average molecular weight is 570 g/mol. The quantitative estimate of drug-likeness (QED) is 0.321. The van der Waals surface area contributed by atoms with Gasteiger partial charge in [-0.1, -0.05) is 80.9 Å². The van der Waals surface area contributed by atoms with Gasteiger partial charge in [0, 0.05) is 18.1 Å². The Morgan fingerprint density at radius 2 is 1.59 bits per heavy atom. The number of hydrogen-bond acceptors (Lipinski definition) is 4. The van der Waals surface area contributed by atoms with Crippen LogP contribution in [0.1, 0.15) is 38.8 Å². The van der Waals surface area contributed by atoms with Crippen LogP contribution in [0.15, 0.2) is 83.8 Å². The summed E-state index contributed by atoms with van der Waals surface area (Å²) in [7, 11) is -4.10. The summed E-state index contributed by atoms with van der Waals surface area (Å²) in [6, 6.07) is 21.4. The van der Waals surface area contributed by atoms with Crippen molar-refractivity contribution in [1.82, 2.24) is 10.2 Å². The molecule has 0 saturated carbocycles. The van der Waals surface area contributed by atoms with Crippen LogP contribution < -0.4 is 9.62 Å². The Morgan fingerprint density at radius 3 is 2.23 bits per heavy atom. The van der Waals surface area contributed by atoms with E-state index in [4.69, 9.17) is 11.6 Å². The first-order chi connectivity index (χ1) is 18.5. The van der Waals surface area contributed by atoms with E-state index in [2.05, 4.69) is 5.32 Å². The largest absolute Gasteiger partial charge is 0.354 e. The maximum absolute atomic E-state index is 14.0. The third-order valence-corrected chi connectivity index (χ3v) is 8.35. The summed E-state index contributed by atoms with van der Waals surface area (Å²) in [4.78, 5) is 28.5. The topological polar surface area (TPSA) is 86.8 Å². The molecule has 39 heavy (non-hydrogen) atoms. The van der Waals surface area contributed by atoms with Crippen molar-refractivity contribution in [3.8, 4) is 0 Å². The van der Waals surface area contributed by atoms with E-state index in [0.29, 0.717) is 23.7 Å². The number of nitrogens with one attached hydrogen (secondary N) is 1. The molecule has 3 aromatic rings. The molecule has 3 aromatic carbocycles. The van der Waals surface area contributed by atoms with Crippen molar-refractivity contribution >= 4 is 39.1 Å². The second-order valence-electron chi connectivity index (χ2n) is 9.77. The fourth-order valence-corrected chi connectivity index (χ4v) is 5.84. The van der Waals surface area contributed by atoms with Gasteiger partial charge in [-0.05, 0) is 60.7 Å². The molecule has 0 bridgehead atoms. The van der Waals surface area contributed by atoms with Gasteiger partial charge < -0.3 is 10.2 Å². The number of carbonyl (C=O) groups excluding carboxylic acids is 2. The summed E-state index contributed by atoms with van der Waals surface area (Å²) in [5.74, 6) is -0.589. The van der Waals surface area contributed by atoms with Gasteiger partial charge in [0.2, 0.25) is 11.8 Å². The Hall–Kier alpha value is -3.36. The second kappa shape index (κ2) is 13.6. The Kier molecular flexibility index (Phi) is 10.5. The number of anilines is 1. The molecule has 9 heteroatoms. The number of rotatable bonds is 12. The number of sulfonamides is 1. The van der Waals surface area contributed by atoms with E-state index in [1.807, 2.05) is 39.0 Å². The van der Waals surface area contributed by atoms with Crippen LogP contribution in [0, 0.1) is 5.92 Å². The standard InChI is InChI=1S/C30H36ClN3O4S/c1-5-25-13-9-10-17-28(25)34(39(37,38)27-15-7-6-8-16-27)21-29(35)33(20-24-12-11-14-26(31)18-24)23(4)30(36)32-19-22(2)3/h6-18,22-23H,5,19-21H2,1-4H3,(H,32,36)/t23-/m0/s1. The molecule has 208 valence electrons. The second-order valence-corrected chi connectivity index (χ2v) is 12.1. The van der Waals surface area contributed by atoms with Crippen LogP contribution >= 0.6 is 11.6 Å². The molecule has 0 spiro atoms. The zero-order valence-electron chi connectivity index (χ0n) is 22.8. The molecular formula is C30H36ClN3O4S. The van der Waals surface area contributed by atoms with E-state index in [9.17, 15) is 18.0 Å². The van der Waals surface area contributed by atoms with E-state index in [1.165, 1.54) is 17.0 Å². The van der Waals surface area contributed by atoms with Gasteiger partial charge in [-0.15, -0.1) is 0 Å². The molecule has 1 atom stereocenters. The number of aryl methyl sites for hydroxylation is 1. The highest BCUT2D eigenvalue weighted by Gasteiger charge is 2.33. The third kappa shape index (κ3) is 7.83. The minimum absolute atomic E-state index is 0.0767. The Bertz CT molecular complexity index is 1380. The lowest BCUT2D eigenvalue weighted by atomic mass is 10.1. The van der Waals surface area contributed by atoms with Gasteiger partial charge in [0.25, 0.3) is 10.0 Å². The summed E-state index contributed by atoms with van der Waals surface area (Å²) in [5.41, 5.74) is 1.94. The van der Waals surface area contributed by atoms with Crippen molar-refractivity contribution < 1.29 is 18.0 Å². The van der Waals surface area contributed by atoms with E-state index in [0.717, 1.165) is 15.4 Å². The summed E-state index contributed by atoms with van der Waals surface area (Å²) in [6.07, 6.45) is 0.575. The van der Waals surface area contributed by atoms with Crippen molar-refractivity contribution in [1.29, 1.82) is 0 Å². The highest BCUT2D eigenvalue weighted by atomic mass is 35.5. The molecule has 0 aromatic heterocycles. The van der Waals surface area contributed by atoms with Crippen molar-refractivity contribution in [3.63, 3.8) is 0 Å². The van der Waals surface area contributed by atoms with E-state index >= 15 is 0 Å². The van der Waals surface area contributed by atoms with Crippen LogP contribution in [0.3, 0.4) is 0 Å². The van der Waals surface area contributed by atoms with Crippen molar-refractivity contribution in [2.75, 3.05) is 17.4 Å². The van der Waals surface area contributed by atoms with E-state index in [1.54, 1.807) is 55.5 Å². The molecule has 3 rings (SSSR count). The average Bonchev–Trinajstić information content (AvgIpc) is 2.93. The molecule has 2 amide bonds. The number of amides is 2. The summed E-state index contributed by atoms with van der Waals surface area (Å²) < 4.78 is 28.9. The highest BCUT2D eigenvalue weighted by Crippen LogP contribution is 2.28. The molecule has 0 aliphatic rings. The summed E-state index contributed by atoms with van der Waals surface area (Å²) in [5, 5.41) is 3.38. The van der Waals surface area contributed by atoms with Crippen LogP contribution in [0.5, 0.6) is 0 Å². The minimum Gasteiger partial charge on any atom is -0.354 e. The summed E-state index contributed by atoms with van der Waals surface area (Å²) >= 11 is 6.19. The van der Waals surface area contributed by atoms with Crippen LogP contribution in [0.2, 0.25) is 5.02 Å². The van der Waals surface area contributed by atoms with E-state index in [-0.39, 0.29) is 23.3 Å². The van der Waals surface area contributed by atoms with Gasteiger partial charge in [-0.3, -0.25) is 13.9 Å². The van der Waals surface area contributed by atoms with Crippen LogP contribution in [-0.4, -0.2) is 44.3 Å². The first-order valence-electron chi connectivity index (χ1n) is 13.0. The Balaban J connectivity index is 2.04. The lowest BCUT2D eigenvalue weighted by Crippen LogP contribution is -2.51. The molecule has 0 heterocycles. The molecular weight excluding hydrogens is 534 g/mol. The Morgan fingerprint density at radius 1 is 0.923 bits per heavy atom. The zero-order chi connectivity index (χ0) is 28.6. The molecule has 0 aliphatic heterocycles. The maximum Gasteiger partial charge on any atom is 0.264 e. The van der Waals surface area contributed by atoms with Gasteiger partial charge in [-0.2, -0.15) is 0 Å². The van der Waals surface area contributed by atoms with Crippen LogP contribution in [-0.2, 0) is 32.6 Å². The molecule has 1 N–H and O–H groups in total. The van der Waals surface area contributed by atoms with Gasteiger partial charge >= 0.3 is 0 Å². The lowest BCUT2D eigenvalue weighted by molar-refractivity contribution is -0.139. The zero-order valence-corrected chi connectivity index (χ0v) is 24.4. The molecule has 7 nitrogen and oxygen atoms in total. The first kappa shape index (κ1) is 30.2. The van der Waals surface area contributed by atoms with Gasteiger partial charge in [0.15, 0.2) is 0 Å². The predicted octanol–water partition coefficient (Wildman–Crippen LogP) is 5.29. The van der Waals surface area contributed by atoms with Gasteiger partial charge in [-0.25, -0.2) is 8.42 Å². The van der Waals surface area contributed by atoms with Gasteiger partial charge in [0.1, 0.15) is 12.6 Å². The first-order valence-corrected chi connectivity index (χ1v) is 14.8. The lowest BCUT2D eigenvalue weighted by Gasteiger charge is -2.32. The van der Waals surface area contributed by atoms with Crippen molar-refractivity contribution in [2.24, 2.45) is 5.92 Å². The fraction of sp³-hybridized carbons (Fsp3) is 0.333. The molecule has 0 aliphatic carbocycles. The number of benzene rings is 3. The molecule has 0 radical (unpaired) electrons. The smallest absolute Gasteiger partial charge is 0.264 e. The molecule has 0 saturated heterocycles. The fourth-order valence-electron chi connectivity index (χ4n) is 4.15. The summed E-state index contributed by atoms with van der Waals surface area (Å²) in [6.45, 7) is 7.62. The van der Waals surface area contributed by atoms with Crippen LogP contribution in [0.4, 0.5) is 5.69 Å². The van der Waals surface area contributed by atoms with E-state index < -0.39 is 28.5 Å². The third-order valence-electron chi connectivity index (χ3n) is 6.35. The predicted molar refractivity (Wildman–Crippen MR) is 156 cm³/mol. The maximum atomic E-state index is 14.0. The van der Waals surface area contributed by atoms with Gasteiger partial charge in [0.05, 0.1) is 10.6 Å². The number of halogens is 1. The minimum atomic E-state index is -4.10. The van der Waals surface area contributed by atoms with Crippen molar-refractivity contribution in [2.45, 2.75) is 51.6 Å². The number of para-hydroxylation sites is 1. The number of hydrogen-bond donors (Lipinski definition) is 1. The molecule has 0 fully saturated rings. The van der Waals surface area contributed by atoms with Crippen LogP contribution in [0.25, 0.3) is 0 Å². The highest BCUT2D eigenvalue weighted by molar-refractivity contribution is 7.92. The normalized spacial score (nSPS) is 12.2. The Labute approximate surface area is 236 Å². The SMILES string of the molecule is CCc1ccccc1N(CC(=O)N(Cc1cccc(Cl)c1)[C@@H](C)C(=O)NCC(C)C)S(=O)(=O)c1ccccc1.